The SMILES string of the molecule is Fc1ccc(COc2ccc(Cl)cc2Br)cc1. The van der Waals surface area contributed by atoms with Gasteiger partial charge in [0.15, 0.2) is 0 Å². The predicted octanol–water partition coefficient (Wildman–Crippen LogP) is 4.82. The van der Waals surface area contributed by atoms with Gasteiger partial charge in [0.05, 0.1) is 4.47 Å². The third kappa shape index (κ3) is 3.45. The van der Waals surface area contributed by atoms with Gasteiger partial charge in [-0.2, -0.15) is 0 Å². The number of benzene rings is 2. The lowest BCUT2D eigenvalue weighted by molar-refractivity contribution is 0.304. The molecule has 0 saturated heterocycles. The Bertz CT molecular complexity index is 513. The molecule has 0 fully saturated rings. The molecule has 0 aliphatic carbocycles. The molecule has 0 aromatic heterocycles. The average molecular weight is 316 g/mol. The van der Waals surface area contributed by atoms with Crippen molar-refractivity contribution in [2.75, 3.05) is 0 Å². The van der Waals surface area contributed by atoms with Crippen molar-refractivity contribution in [2.24, 2.45) is 0 Å². The summed E-state index contributed by atoms with van der Waals surface area (Å²) < 4.78 is 19.1. The molecule has 0 spiro atoms. The predicted molar refractivity (Wildman–Crippen MR) is 69.9 cm³/mol. The zero-order valence-corrected chi connectivity index (χ0v) is 11.1. The van der Waals surface area contributed by atoms with Gasteiger partial charge in [0.1, 0.15) is 18.2 Å². The standard InChI is InChI=1S/C13H9BrClFO/c14-12-7-10(15)3-6-13(12)17-8-9-1-4-11(16)5-2-9/h1-7H,8H2. The fourth-order valence-electron chi connectivity index (χ4n) is 1.33. The number of halogens is 3. The summed E-state index contributed by atoms with van der Waals surface area (Å²) in [5.41, 5.74) is 0.910. The lowest BCUT2D eigenvalue weighted by atomic mass is 10.2. The van der Waals surface area contributed by atoms with Crippen molar-refractivity contribution in [3.63, 3.8) is 0 Å². The van der Waals surface area contributed by atoms with Crippen LogP contribution in [-0.2, 0) is 6.61 Å². The van der Waals surface area contributed by atoms with E-state index < -0.39 is 0 Å². The second kappa shape index (κ2) is 5.52. The number of rotatable bonds is 3. The van der Waals surface area contributed by atoms with E-state index in [9.17, 15) is 4.39 Å². The summed E-state index contributed by atoms with van der Waals surface area (Å²) in [6.45, 7) is 0.389. The van der Waals surface area contributed by atoms with E-state index in [-0.39, 0.29) is 5.82 Å². The first-order chi connectivity index (χ1) is 8.15. The Hall–Kier alpha value is -1.06. The van der Waals surface area contributed by atoms with Crippen LogP contribution in [0.25, 0.3) is 0 Å². The molecule has 0 aliphatic rings. The Morgan fingerprint density at radius 1 is 1.12 bits per heavy atom. The van der Waals surface area contributed by atoms with Gasteiger partial charge in [-0.15, -0.1) is 0 Å². The summed E-state index contributed by atoms with van der Waals surface area (Å²) in [5.74, 6) is 0.458. The van der Waals surface area contributed by atoms with Gasteiger partial charge in [-0.05, 0) is 51.8 Å². The van der Waals surface area contributed by atoms with Gasteiger partial charge in [0, 0.05) is 5.02 Å². The van der Waals surface area contributed by atoms with Crippen LogP contribution in [0.4, 0.5) is 4.39 Å². The maximum atomic E-state index is 12.7. The first-order valence-electron chi connectivity index (χ1n) is 4.97. The first kappa shape index (κ1) is 12.4. The van der Waals surface area contributed by atoms with Crippen LogP contribution < -0.4 is 4.74 Å². The van der Waals surface area contributed by atoms with Crippen LogP contribution in [0.3, 0.4) is 0 Å². The summed E-state index contributed by atoms with van der Waals surface area (Å²) in [6, 6.07) is 11.5. The topological polar surface area (TPSA) is 9.23 Å². The molecular formula is C13H9BrClFO. The van der Waals surface area contributed by atoms with Crippen LogP contribution in [0.15, 0.2) is 46.9 Å². The van der Waals surface area contributed by atoms with Gasteiger partial charge in [-0.25, -0.2) is 4.39 Å². The highest BCUT2D eigenvalue weighted by molar-refractivity contribution is 9.10. The summed E-state index contributed by atoms with van der Waals surface area (Å²) in [4.78, 5) is 0. The van der Waals surface area contributed by atoms with Crippen molar-refractivity contribution in [1.29, 1.82) is 0 Å². The van der Waals surface area contributed by atoms with Crippen LogP contribution in [0.2, 0.25) is 5.02 Å². The lowest BCUT2D eigenvalue weighted by Gasteiger charge is -2.08. The quantitative estimate of drug-likeness (QED) is 0.789. The molecule has 0 unspecified atom stereocenters. The third-order valence-corrected chi connectivity index (χ3v) is 3.06. The molecular weight excluding hydrogens is 306 g/mol. The molecule has 0 saturated carbocycles. The Labute approximate surface area is 112 Å². The van der Waals surface area contributed by atoms with Crippen LogP contribution in [-0.4, -0.2) is 0 Å². The largest absolute Gasteiger partial charge is 0.488 e. The zero-order chi connectivity index (χ0) is 12.3. The van der Waals surface area contributed by atoms with Gasteiger partial charge < -0.3 is 4.74 Å². The third-order valence-electron chi connectivity index (χ3n) is 2.20. The maximum absolute atomic E-state index is 12.7. The number of hydrogen-bond acceptors (Lipinski definition) is 1. The maximum Gasteiger partial charge on any atom is 0.134 e. The minimum absolute atomic E-state index is 0.249. The van der Waals surface area contributed by atoms with E-state index in [4.69, 9.17) is 16.3 Å². The Balaban J connectivity index is 2.04. The molecule has 0 amide bonds. The molecule has 0 atom stereocenters. The summed E-state index contributed by atoms with van der Waals surface area (Å²) >= 11 is 9.19. The minimum Gasteiger partial charge on any atom is -0.488 e. The summed E-state index contributed by atoms with van der Waals surface area (Å²) in [5, 5.41) is 0.644. The molecule has 88 valence electrons. The van der Waals surface area contributed by atoms with Crippen molar-refractivity contribution < 1.29 is 9.13 Å². The van der Waals surface area contributed by atoms with Crippen LogP contribution >= 0.6 is 27.5 Å². The monoisotopic (exact) mass is 314 g/mol. The molecule has 0 heterocycles. The molecule has 2 aromatic rings. The van der Waals surface area contributed by atoms with E-state index >= 15 is 0 Å². The van der Waals surface area contributed by atoms with E-state index in [2.05, 4.69) is 15.9 Å². The molecule has 2 aromatic carbocycles. The molecule has 0 N–H and O–H groups in total. The zero-order valence-electron chi connectivity index (χ0n) is 8.79. The van der Waals surface area contributed by atoms with Crippen molar-refractivity contribution in [1.82, 2.24) is 0 Å². The lowest BCUT2D eigenvalue weighted by Crippen LogP contribution is -1.96. The van der Waals surface area contributed by atoms with Gasteiger partial charge in [0.25, 0.3) is 0 Å². The Kier molecular flexibility index (Phi) is 4.02. The Morgan fingerprint density at radius 2 is 1.82 bits per heavy atom. The molecule has 17 heavy (non-hydrogen) atoms. The molecule has 0 radical (unpaired) electrons. The van der Waals surface area contributed by atoms with Crippen molar-refractivity contribution in [2.45, 2.75) is 6.61 Å². The van der Waals surface area contributed by atoms with E-state index in [1.54, 1.807) is 30.3 Å². The van der Waals surface area contributed by atoms with Gasteiger partial charge in [0.2, 0.25) is 0 Å². The second-order valence-electron chi connectivity index (χ2n) is 3.49. The van der Waals surface area contributed by atoms with Gasteiger partial charge in [-0.1, -0.05) is 23.7 Å². The fourth-order valence-corrected chi connectivity index (χ4v) is 2.13. The summed E-state index contributed by atoms with van der Waals surface area (Å²) in [6.07, 6.45) is 0. The molecule has 0 aliphatic heterocycles. The normalized spacial score (nSPS) is 10.3. The fraction of sp³-hybridized carbons (Fsp3) is 0.0769. The highest BCUT2D eigenvalue weighted by Crippen LogP contribution is 2.28. The van der Waals surface area contributed by atoms with Crippen LogP contribution in [0.1, 0.15) is 5.56 Å². The van der Waals surface area contributed by atoms with Crippen LogP contribution in [0.5, 0.6) is 5.75 Å². The first-order valence-corrected chi connectivity index (χ1v) is 6.14. The van der Waals surface area contributed by atoms with E-state index in [0.717, 1.165) is 10.0 Å². The molecule has 2 rings (SSSR count). The van der Waals surface area contributed by atoms with Crippen molar-refractivity contribution in [3.8, 4) is 5.75 Å². The molecule has 0 bridgehead atoms. The smallest absolute Gasteiger partial charge is 0.134 e. The van der Waals surface area contributed by atoms with Crippen molar-refractivity contribution in [3.05, 3.63) is 63.3 Å². The van der Waals surface area contributed by atoms with E-state index in [0.29, 0.717) is 17.4 Å². The highest BCUT2D eigenvalue weighted by atomic mass is 79.9. The van der Waals surface area contributed by atoms with Gasteiger partial charge >= 0.3 is 0 Å². The molecule has 4 heteroatoms. The highest BCUT2D eigenvalue weighted by Gasteiger charge is 2.02. The van der Waals surface area contributed by atoms with Crippen molar-refractivity contribution >= 4 is 27.5 Å². The molecule has 1 nitrogen and oxygen atoms in total. The van der Waals surface area contributed by atoms with E-state index in [1.165, 1.54) is 12.1 Å². The van der Waals surface area contributed by atoms with E-state index in [1.807, 2.05) is 0 Å². The average Bonchev–Trinajstić information content (AvgIpc) is 2.30. The Morgan fingerprint density at radius 3 is 2.47 bits per heavy atom. The summed E-state index contributed by atoms with van der Waals surface area (Å²) in [7, 11) is 0. The number of ether oxygens (including phenoxy) is 1. The van der Waals surface area contributed by atoms with Crippen LogP contribution in [0, 0.1) is 5.82 Å². The minimum atomic E-state index is -0.249. The van der Waals surface area contributed by atoms with Gasteiger partial charge in [-0.3, -0.25) is 0 Å². The number of hydrogen-bond donors (Lipinski definition) is 0. The second-order valence-corrected chi connectivity index (χ2v) is 4.78.